The molecule has 2 aromatic rings. The third-order valence-electron chi connectivity index (χ3n) is 2.77. The predicted octanol–water partition coefficient (Wildman–Crippen LogP) is 2.67. The van der Waals surface area contributed by atoms with Crippen LogP contribution in [0.3, 0.4) is 0 Å². The molecule has 0 aliphatic carbocycles. The second-order valence-corrected chi connectivity index (χ2v) is 4.11. The molecule has 4 N–H and O–H groups in total. The number of carbonyl (C=O) groups is 1. The molecule has 19 heavy (non-hydrogen) atoms. The minimum absolute atomic E-state index is 0.202. The molecule has 2 aromatic carbocycles. The fourth-order valence-electron chi connectivity index (χ4n) is 1.69. The van der Waals surface area contributed by atoms with E-state index in [0.717, 1.165) is 0 Å². The van der Waals surface area contributed by atoms with Crippen LogP contribution in [-0.4, -0.2) is 5.91 Å². The van der Waals surface area contributed by atoms with Gasteiger partial charge in [0.2, 0.25) is 0 Å². The maximum Gasteiger partial charge on any atom is 0.255 e. The topological polar surface area (TPSA) is 67.2 Å². The highest BCUT2D eigenvalue weighted by Gasteiger charge is 2.11. The molecule has 5 heteroatoms. The number of anilines is 2. The van der Waals surface area contributed by atoms with Gasteiger partial charge in [-0.3, -0.25) is 10.6 Å². The van der Waals surface area contributed by atoms with Crippen molar-refractivity contribution in [2.45, 2.75) is 6.92 Å². The molecule has 98 valence electrons. The van der Waals surface area contributed by atoms with Crippen LogP contribution in [0.1, 0.15) is 15.9 Å². The number of rotatable bonds is 3. The minimum Gasteiger partial charge on any atom is -0.324 e. The third-order valence-corrected chi connectivity index (χ3v) is 2.77. The van der Waals surface area contributed by atoms with Crippen molar-refractivity contribution in [1.29, 1.82) is 0 Å². The first kappa shape index (κ1) is 13.0. The van der Waals surface area contributed by atoms with E-state index in [1.165, 1.54) is 6.07 Å². The lowest BCUT2D eigenvalue weighted by Crippen LogP contribution is -2.14. The standard InChI is InChI=1S/C14H14FN3O/c1-9-3-2-4-12(15)13(9)17-14(19)10-5-7-11(18-16)8-6-10/h2-8,18H,16H2,1H3,(H,17,19). The van der Waals surface area contributed by atoms with Gasteiger partial charge in [0.05, 0.1) is 5.69 Å². The second-order valence-electron chi connectivity index (χ2n) is 4.11. The summed E-state index contributed by atoms with van der Waals surface area (Å²) in [6.45, 7) is 1.74. The average Bonchev–Trinajstić information content (AvgIpc) is 2.43. The molecule has 0 unspecified atom stereocenters. The summed E-state index contributed by atoms with van der Waals surface area (Å²) in [6, 6.07) is 11.2. The van der Waals surface area contributed by atoms with Crippen LogP contribution in [0.25, 0.3) is 0 Å². The first-order valence-electron chi connectivity index (χ1n) is 5.75. The molecule has 0 aliphatic rings. The minimum atomic E-state index is -0.450. The fourth-order valence-corrected chi connectivity index (χ4v) is 1.69. The Kier molecular flexibility index (Phi) is 3.77. The first-order valence-corrected chi connectivity index (χ1v) is 5.75. The van der Waals surface area contributed by atoms with Crippen LogP contribution in [0, 0.1) is 12.7 Å². The monoisotopic (exact) mass is 259 g/mol. The molecule has 4 nitrogen and oxygen atoms in total. The van der Waals surface area contributed by atoms with E-state index in [4.69, 9.17) is 5.84 Å². The number of halogens is 1. The van der Waals surface area contributed by atoms with Crippen molar-refractivity contribution in [3.05, 3.63) is 59.4 Å². The predicted molar refractivity (Wildman–Crippen MR) is 73.3 cm³/mol. The molecule has 0 heterocycles. The SMILES string of the molecule is Cc1cccc(F)c1NC(=O)c1ccc(NN)cc1. The van der Waals surface area contributed by atoms with Gasteiger partial charge in [0, 0.05) is 11.3 Å². The number of carbonyl (C=O) groups excluding carboxylic acids is 1. The van der Waals surface area contributed by atoms with E-state index >= 15 is 0 Å². The maximum atomic E-state index is 13.6. The zero-order valence-electron chi connectivity index (χ0n) is 10.4. The van der Waals surface area contributed by atoms with Crippen molar-refractivity contribution < 1.29 is 9.18 Å². The molecule has 1 amide bonds. The fraction of sp³-hybridized carbons (Fsp3) is 0.0714. The Labute approximate surface area is 110 Å². The Morgan fingerprint density at radius 3 is 2.42 bits per heavy atom. The van der Waals surface area contributed by atoms with Crippen molar-refractivity contribution in [3.63, 3.8) is 0 Å². The van der Waals surface area contributed by atoms with Crippen LogP contribution in [0.5, 0.6) is 0 Å². The highest BCUT2D eigenvalue weighted by molar-refractivity contribution is 6.04. The summed E-state index contributed by atoms with van der Waals surface area (Å²) in [7, 11) is 0. The van der Waals surface area contributed by atoms with Crippen LogP contribution in [0.2, 0.25) is 0 Å². The van der Waals surface area contributed by atoms with Crippen molar-refractivity contribution >= 4 is 17.3 Å². The van der Waals surface area contributed by atoms with Crippen LogP contribution >= 0.6 is 0 Å². The van der Waals surface area contributed by atoms with Crippen LogP contribution in [-0.2, 0) is 0 Å². The van der Waals surface area contributed by atoms with Gasteiger partial charge in [-0.05, 0) is 42.8 Å². The summed E-state index contributed by atoms with van der Waals surface area (Å²) < 4.78 is 13.6. The number of hydrazine groups is 1. The third kappa shape index (κ3) is 2.89. The van der Waals surface area contributed by atoms with E-state index in [-0.39, 0.29) is 11.6 Å². The first-order chi connectivity index (χ1) is 9.11. The number of nitrogen functional groups attached to an aromatic ring is 1. The Morgan fingerprint density at radius 1 is 1.16 bits per heavy atom. The molecular formula is C14H14FN3O. The Hall–Kier alpha value is -2.40. The van der Waals surface area contributed by atoms with Crippen molar-refractivity contribution in [3.8, 4) is 0 Å². The van der Waals surface area contributed by atoms with E-state index in [0.29, 0.717) is 16.8 Å². The lowest BCUT2D eigenvalue weighted by atomic mass is 10.1. The highest BCUT2D eigenvalue weighted by Crippen LogP contribution is 2.20. The molecule has 2 rings (SSSR count). The van der Waals surface area contributed by atoms with Gasteiger partial charge in [-0.1, -0.05) is 12.1 Å². The lowest BCUT2D eigenvalue weighted by Gasteiger charge is -2.09. The molecule has 0 spiro atoms. The summed E-state index contributed by atoms with van der Waals surface area (Å²) in [5.41, 5.74) is 4.47. The van der Waals surface area contributed by atoms with E-state index in [2.05, 4.69) is 10.7 Å². The molecule has 0 radical (unpaired) electrons. The zero-order valence-corrected chi connectivity index (χ0v) is 10.4. The lowest BCUT2D eigenvalue weighted by molar-refractivity contribution is 0.102. The Morgan fingerprint density at radius 2 is 1.84 bits per heavy atom. The number of nitrogens with two attached hydrogens (primary N) is 1. The van der Waals surface area contributed by atoms with Crippen molar-refractivity contribution in [2.24, 2.45) is 5.84 Å². The molecule has 0 atom stereocenters. The van der Waals surface area contributed by atoms with Gasteiger partial charge in [-0.15, -0.1) is 0 Å². The zero-order chi connectivity index (χ0) is 13.8. The molecule has 0 aliphatic heterocycles. The Balaban J connectivity index is 2.20. The number of para-hydroxylation sites is 1. The summed E-state index contributed by atoms with van der Waals surface area (Å²) in [5.74, 6) is 4.42. The van der Waals surface area contributed by atoms with Crippen LogP contribution in [0.15, 0.2) is 42.5 Å². The largest absolute Gasteiger partial charge is 0.324 e. The number of nitrogens with one attached hydrogen (secondary N) is 2. The van der Waals surface area contributed by atoms with Gasteiger partial charge in [0.1, 0.15) is 5.82 Å². The quantitative estimate of drug-likeness (QED) is 0.586. The van der Waals surface area contributed by atoms with E-state index in [1.807, 2.05) is 0 Å². The maximum absolute atomic E-state index is 13.6. The Bertz CT molecular complexity index is 576. The molecule has 0 fully saturated rings. The molecular weight excluding hydrogens is 245 g/mol. The number of hydrogen-bond donors (Lipinski definition) is 3. The highest BCUT2D eigenvalue weighted by atomic mass is 19.1. The van der Waals surface area contributed by atoms with Gasteiger partial charge in [0.15, 0.2) is 0 Å². The van der Waals surface area contributed by atoms with E-state index in [9.17, 15) is 9.18 Å². The van der Waals surface area contributed by atoms with Gasteiger partial charge in [-0.2, -0.15) is 0 Å². The van der Waals surface area contributed by atoms with E-state index < -0.39 is 5.82 Å². The van der Waals surface area contributed by atoms with Crippen LogP contribution in [0.4, 0.5) is 15.8 Å². The number of benzene rings is 2. The average molecular weight is 259 g/mol. The number of aryl methyl sites for hydroxylation is 1. The van der Waals surface area contributed by atoms with Gasteiger partial charge in [-0.25, -0.2) is 4.39 Å². The second kappa shape index (κ2) is 5.49. The van der Waals surface area contributed by atoms with Gasteiger partial charge < -0.3 is 10.7 Å². The van der Waals surface area contributed by atoms with Crippen molar-refractivity contribution in [1.82, 2.24) is 0 Å². The van der Waals surface area contributed by atoms with Gasteiger partial charge in [0.25, 0.3) is 5.91 Å². The number of hydrogen-bond acceptors (Lipinski definition) is 3. The van der Waals surface area contributed by atoms with Crippen LogP contribution < -0.4 is 16.6 Å². The smallest absolute Gasteiger partial charge is 0.255 e. The molecule has 0 bridgehead atoms. The summed E-state index contributed by atoms with van der Waals surface area (Å²) in [4.78, 5) is 12.0. The number of amides is 1. The summed E-state index contributed by atoms with van der Waals surface area (Å²) in [6.07, 6.45) is 0. The summed E-state index contributed by atoms with van der Waals surface area (Å²) >= 11 is 0. The van der Waals surface area contributed by atoms with E-state index in [1.54, 1.807) is 43.3 Å². The van der Waals surface area contributed by atoms with Crippen molar-refractivity contribution in [2.75, 3.05) is 10.7 Å². The molecule has 0 saturated heterocycles. The molecule has 0 aromatic heterocycles. The van der Waals surface area contributed by atoms with Gasteiger partial charge >= 0.3 is 0 Å². The normalized spacial score (nSPS) is 10.1. The summed E-state index contributed by atoms with van der Waals surface area (Å²) in [5, 5.41) is 2.57. The molecule has 0 saturated carbocycles.